The van der Waals surface area contributed by atoms with Gasteiger partial charge in [-0.3, -0.25) is 0 Å². The minimum Gasteiger partial charge on any atom is -0.464 e. The molecule has 2 aromatic rings. The van der Waals surface area contributed by atoms with Crippen LogP contribution >= 0.6 is 0 Å². The number of hydrogen-bond acceptors (Lipinski definition) is 5. The predicted octanol–water partition coefficient (Wildman–Crippen LogP) is 2.56. The van der Waals surface area contributed by atoms with Crippen molar-refractivity contribution in [3.63, 3.8) is 0 Å². The van der Waals surface area contributed by atoms with Crippen LogP contribution in [-0.4, -0.2) is 27.8 Å². The molecule has 0 fully saturated rings. The second kappa shape index (κ2) is 5.72. The minimum absolute atomic E-state index is 0.0373. The van der Waals surface area contributed by atoms with Gasteiger partial charge < -0.3 is 4.74 Å². The molecule has 0 N–H and O–H groups in total. The SMILES string of the molecule is COC(=O)c1cc(C)nn1-c1nc(C)cc(C(F)(F)F)c1C#N. The van der Waals surface area contributed by atoms with E-state index in [1.165, 1.54) is 19.1 Å². The lowest BCUT2D eigenvalue weighted by molar-refractivity contribution is -0.137. The van der Waals surface area contributed by atoms with Crippen molar-refractivity contribution in [2.45, 2.75) is 20.0 Å². The maximum atomic E-state index is 13.1. The molecule has 0 aliphatic carbocycles. The van der Waals surface area contributed by atoms with Gasteiger partial charge in [-0.25, -0.2) is 14.5 Å². The molecule has 0 radical (unpaired) electrons. The molecule has 0 aliphatic rings. The number of aryl methyl sites for hydroxylation is 2. The first-order chi connectivity index (χ1) is 10.7. The summed E-state index contributed by atoms with van der Waals surface area (Å²) < 4.78 is 44.9. The van der Waals surface area contributed by atoms with Gasteiger partial charge in [0.05, 0.1) is 18.4 Å². The molecule has 9 heteroatoms. The van der Waals surface area contributed by atoms with E-state index in [1.807, 2.05) is 0 Å². The van der Waals surface area contributed by atoms with E-state index in [2.05, 4.69) is 14.8 Å². The van der Waals surface area contributed by atoms with Gasteiger partial charge in [-0.1, -0.05) is 0 Å². The molecule has 23 heavy (non-hydrogen) atoms. The van der Waals surface area contributed by atoms with Crippen LogP contribution in [-0.2, 0) is 10.9 Å². The molecule has 0 aliphatic heterocycles. The third kappa shape index (κ3) is 3.01. The van der Waals surface area contributed by atoms with Crippen LogP contribution in [0, 0.1) is 25.2 Å². The first-order valence-electron chi connectivity index (χ1n) is 6.33. The summed E-state index contributed by atoms with van der Waals surface area (Å²) in [6.45, 7) is 2.91. The van der Waals surface area contributed by atoms with Crippen LogP contribution in [0.3, 0.4) is 0 Å². The Balaban J connectivity index is 2.83. The summed E-state index contributed by atoms with van der Waals surface area (Å²) >= 11 is 0. The van der Waals surface area contributed by atoms with Crippen LogP contribution in [0.2, 0.25) is 0 Å². The molecular weight excluding hydrogens is 313 g/mol. The zero-order valence-corrected chi connectivity index (χ0v) is 12.4. The molecule has 0 atom stereocenters. The Morgan fingerprint density at radius 2 is 1.96 bits per heavy atom. The van der Waals surface area contributed by atoms with Crippen LogP contribution in [0.4, 0.5) is 13.2 Å². The fourth-order valence-corrected chi connectivity index (χ4v) is 2.05. The molecule has 0 unspecified atom stereocenters. The average Bonchev–Trinajstić information content (AvgIpc) is 2.86. The van der Waals surface area contributed by atoms with Gasteiger partial charge in [-0.05, 0) is 26.0 Å². The first kappa shape index (κ1) is 16.5. The fraction of sp³-hybridized carbons (Fsp3) is 0.286. The Kier molecular flexibility index (Phi) is 4.10. The number of ether oxygens (including phenoxy) is 1. The van der Waals surface area contributed by atoms with Crippen molar-refractivity contribution >= 4 is 5.97 Å². The Morgan fingerprint density at radius 3 is 2.48 bits per heavy atom. The van der Waals surface area contributed by atoms with E-state index >= 15 is 0 Å². The highest BCUT2D eigenvalue weighted by atomic mass is 19.4. The van der Waals surface area contributed by atoms with Gasteiger partial charge in [0.2, 0.25) is 0 Å². The average molecular weight is 324 g/mol. The van der Waals surface area contributed by atoms with Crippen LogP contribution < -0.4 is 0 Å². The molecule has 2 heterocycles. The molecule has 2 rings (SSSR count). The van der Waals surface area contributed by atoms with Crippen molar-refractivity contribution in [1.82, 2.24) is 14.8 Å². The third-order valence-corrected chi connectivity index (χ3v) is 2.97. The highest BCUT2D eigenvalue weighted by Crippen LogP contribution is 2.34. The van der Waals surface area contributed by atoms with Crippen LogP contribution in [0.1, 0.15) is 33.0 Å². The maximum absolute atomic E-state index is 13.1. The summed E-state index contributed by atoms with van der Waals surface area (Å²) in [6.07, 6.45) is -4.73. The second-order valence-electron chi connectivity index (χ2n) is 4.69. The number of pyridine rings is 1. The summed E-state index contributed by atoms with van der Waals surface area (Å²) in [5.41, 5.74) is -1.56. The largest absolute Gasteiger partial charge is 0.464 e. The second-order valence-corrected chi connectivity index (χ2v) is 4.69. The molecule has 0 saturated heterocycles. The lowest BCUT2D eigenvalue weighted by Gasteiger charge is -2.14. The summed E-state index contributed by atoms with van der Waals surface area (Å²) in [4.78, 5) is 15.7. The van der Waals surface area contributed by atoms with E-state index in [1.54, 1.807) is 6.92 Å². The topological polar surface area (TPSA) is 80.8 Å². The van der Waals surface area contributed by atoms with Crippen molar-refractivity contribution in [3.05, 3.63) is 40.3 Å². The van der Waals surface area contributed by atoms with Crippen molar-refractivity contribution in [2.75, 3.05) is 7.11 Å². The van der Waals surface area contributed by atoms with Crippen LogP contribution in [0.5, 0.6) is 0 Å². The van der Waals surface area contributed by atoms with E-state index in [0.717, 1.165) is 17.9 Å². The molecule has 2 aromatic heterocycles. The van der Waals surface area contributed by atoms with Crippen LogP contribution in [0.15, 0.2) is 12.1 Å². The Hall–Kier alpha value is -2.89. The number of alkyl halides is 3. The van der Waals surface area contributed by atoms with Gasteiger partial charge in [0, 0.05) is 5.69 Å². The Bertz CT molecular complexity index is 819. The van der Waals surface area contributed by atoms with E-state index < -0.39 is 23.3 Å². The lowest BCUT2D eigenvalue weighted by Crippen LogP contribution is -2.17. The van der Waals surface area contributed by atoms with Crippen molar-refractivity contribution in [3.8, 4) is 11.9 Å². The van der Waals surface area contributed by atoms with Gasteiger partial charge in [0.1, 0.15) is 11.6 Å². The Labute approximate surface area is 129 Å². The first-order valence-corrected chi connectivity index (χ1v) is 6.33. The van der Waals surface area contributed by atoms with E-state index in [4.69, 9.17) is 5.26 Å². The number of esters is 1. The number of aromatic nitrogens is 3. The highest BCUT2D eigenvalue weighted by molar-refractivity contribution is 5.88. The zero-order chi connectivity index (χ0) is 17.4. The zero-order valence-electron chi connectivity index (χ0n) is 12.4. The number of nitrogens with zero attached hydrogens (tertiary/aromatic N) is 4. The number of methoxy groups -OCH3 is 1. The Morgan fingerprint density at radius 1 is 1.30 bits per heavy atom. The summed E-state index contributed by atoms with van der Waals surface area (Å²) in [5, 5.41) is 13.1. The minimum atomic E-state index is -4.73. The number of carbonyl (C=O) groups is 1. The number of nitriles is 1. The number of rotatable bonds is 2. The third-order valence-electron chi connectivity index (χ3n) is 2.97. The highest BCUT2D eigenvalue weighted by Gasteiger charge is 2.36. The summed E-state index contributed by atoms with van der Waals surface area (Å²) in [7, 11) is 1.13. The van der Waals surface area contributed by atoms with Crippen molar-refractivity contribution < 1.29 is 22.7 Å². The van der Waals surface area contributed by atoms with E-state index in [9.17, 15) is 18.0 Å². The molecule has 0 spiro atoms. The van der Waals surface area contributed by atoms with Gasteiger partial charge in [0.25, 0.3) is 0 Å². The summed E-state index contributed by atoms with van der Waals surface area (Å²) in [5.74, 6) is -1.17. The molecular formula is C14H11F3N4O2. The molecule has 0 saturated carbocycles. The van der Waals surface area contributed by atoms with Gasteiger partial charge in [0.15, 0.2) is 11.5 Å². The molecule has 6 nitrogen and oxygen atoms in total. The molecule has 0 bridgehead atoms. The number of carbonyl (C=O) groups excluding carboxylic acids is 1. The predicted molar refractivity (Wildman–Crippen MR) is 71.9 cm³/mol. The van der Waals surface area contributed by atoms with Gasteiger partial charge in [-0.15, -0.1) is 0 Å². The standard InChI is InChI=1S/C14H11F3N4O2/c1-7-4-10(14(15,16)17)9(6-18)12(19-7)21-11(13(22)23-3)5-8(2)20-21/h4-5H,1-3H3. The van der Waals surface area contributed by atoms with Crippen molar-refractivity contribution in [1.29, 1.82) is 5.26 Å². The summed E-state index contributed by atoms with van der Waals surface area (Å²) in [6, 6.07) is 3.61. The number of hydrogen-bond donors (Lipinski definition) is 0. The van der Waals surface area contributed by atoms with E-state index in [-0.39, 0.29) is 17.2 Å². The number of halogens is 3. The molecule has 120 valence electrons. The van der Waals surface area contributed by atoms with Crippen molar-refractivity contribution in [2.24, 2.45) is 0 Å². The molecule has 0 amide bonds. The monoisotopic (exact) mass is 324 g/mol. The quantitative estimate of drug-likeness (QED) is 0.793. The van der Waals surface area contributed by atoms with Gasteiger partial charge in [-0.2, -0.15) is 23.5 Å². The van der Waals surface area contributed by atoms with Crippen LogP contribution in [0.25, 0.3) is 5.82 Å². The maximum Gasteiger partial charge on any atom is 0.417 e. The fourth-order valence-electron chi connectivity index (χ4n) is 2.05. The van der Waals surface area contributed by atoms with Gasteiger partial charge >= 0.3 is 12.1 Å². The normalized spacial score (nSPS) is 11.2. The molecule has 0 aromatic carbocycles. The lowest BCUT2D eigenvalue weighted by atomic mass is 10.1. The van der Waals surface area contributed by atoms with E-state index in [0.29, 0.717) is 5.69 Å². The smallest absolute Gasteiger partial charge is 0.417 e.